The molecule has 2 rings (SSSR count). The minimum Gasteiger partial charge on any atom is -0.450 e. The Balaban J connectivity index is 2.06. The minimum atomic E-state index is -0.445. The summed E-state index contributed by atoms with van der Waals surface area (Å²) in [5.74, 6) is 0. The maximum Gasteiger partial charge on any atom is 0.411 e. The second kappa shape index (κ2) is 5.40. The summed E-state index contributed by atoms with van der Waals surface area (Å²) >= 11 is 1.33. The zero-order valence-corrected chi connectivity index (χ0v) is 10.0. The van der Waals surface area contributed by atoms with Crippen LogP contribution in [0, 0.1) is 0 Å². The summed E-state index contributed by atoms with van der Waals surface area (Å²) in [7, 11) is 0. The first-order chi connectivity index (χ1) is 8.29. The normalized spacial score (nSPS) is 9.94. The van der Waals surface area contributed by atoms with Crippen LogP contribution in [0.2, 0.25) is 0 Å². The number of aromatic nitrogens is 2. The van der Waals surface area contributed by atoms with Crippen molar-refractivity contribution in [2.24, 2.45) is 0 Å². The quantitative estimate of drug-likeness (QED) is 0.908. The molecule has 0 aliphatic carbocycles. The molecular formula is C11H11N3O2S. The first-order valence-electron chi connectivity index (χ1n) is 5.11. The molecule has 0 unspecified atom stereocenters. The Bertz CT molecular complexity index is 482. The van der Waals surface area contributed by atoms with E-state index < -0.39 is 6.09 Å². The Morgan fingerprint density at radius 2 is 2.18 bits per heavy atom. The molecule has 5 nitrogen and oxygen atoms in total. The molecule has 1 aromatic heterocycles. The highest BCUT2D eigenvalue weighted by Gasteiger charge is 2.03. The van der Waals surface area contributed by atoms with Gasteiger partial charge in [0.1, 0.15) is 0 Å². The fourth-order valence-corrected chi connectivity index (χ4v) is 1.82. The van der Waals surface area contributed by atoms with Gasteiger partial charge in [-0.25, -0.2) is 4.79 Å². The summed E-state index contributed by atoms with van der Waals surface area (Å²) in [6.07, 6.45) is 1.26. The van der Waals surface area contributed by atoms with Crippen molar-refractivity contribution in [2.75, 3.05) is 11.9 Å². The van der Waals surface area contributed by atoms with Crippen molar-refractivity contribution in [3.8, 4) is 10.4 Å². The van der Waals surface area contributed by atoms with Crippen LogP contribution in [0.5, 0.6) is 0 Å². The number of hydrogen-bond donors (Lipinski definition) is 1. The summed E-state index contributed by atoms with van der Waals surface area (Å²) in [5, 5.41) is 6.40. The van der Waals surface area contributed by atoms with Crippen LogP contribution < -0.4 is 5.32 Å². The van der Waals surface area contributed by atoms with Gasteiger partial charge in [-0.15, -0.1) is 5.10 Å². The molecule has 6 heteroatoms. The standard InChI is InChI=1S/C11H11N3O2S/c1-2-16-11(15)13-9-5-3-8(4-6-9)10-7-12-14-17-10/h3-7H,2H2,1H3,(H,13,15). The van der Waals surface area contributed by atoms with Gasteiger partial charge in [-0.1, -0.05) is 16.6 Å². The van der Waals surface area contributed by atoms with Gasteiger partial charge in [0.2, 0.25) is 0 Å². The smallest absolute Gasteiger partial charge is 0.411 e. The van der Waals surface area contributed by atoms with Crippen LogP contribution in [0.1, 0.15) is 6.92 Å². The van der Waals surface area contributed by atoms with Crippen LogP contribution in [-0.2, 0) is 4.74 Å². The number of nitrogens with one attached hydrogen (secondary N) is 1. The first-order valence-corrected chi connectivity index (χ1v) is 5.88. The molecule has 0 saturated heterocycles. The van der Waals surface area contributed by atoms with Gasteiger partial charge in [-0.3, -0.25) is 5.32 Å². The number of ether oxygens (including phenoxy) is 1. The molecular weight excluding hydrogens is 238 g/mol. The number of carbonyl (C=O) groups excluding carboxylic acids is 1. The predicted molar refractivity (Wildman–Crippen MR) is 66.0 cm³/mol. The minimum absolute atomic E-state index is 0.358. The zero-order valence-electron chi connectivity index (χ0n) is 9.21. The Morgan fingerprint density at radius 1 is 1.41 bits per heavy atom. The van der Waals surface area contributed by atoms with Crippen LogP contribution in [0.3, 0.4) is 0 Å². The van der Waals surface area contributed by atoms with E-state index in [1.165, 1.54) is 11.5 Å². The van der Waals surface area contributed by atoms with E-state index in [2.05, 4.69) is 14.9 Å². The number of amides is 1. The third kappa shape index (κ3) is 3.01. The molecule has 1 aromatic carbocycles. The zero-order chi connectivity index (χ0) is 12.1. The molecule has 0 fully saturated rings. The molecule has 0 aliphatic rings. The summed E-state index contributed by atoms with van der Waals surface area (Å²) in [4.78, 5) is 12.2. The molecule has 1 heterocycles. The van der Waals surface area contributed by atoms with Gasteiger partial charge in [0, 0.05) is 5.69 Å². The molecule has 0 radical (unpaired) electrons. The molecule has 0 atom stereocenters. The van der Waals surface area contributed by atoms with E-state index >= 15 is 0 Å². The van der Waals surface area contributed by atoms with Crippen LogP contribution in [0.15, 0.2) is 30.5 Å². The van der Waals surface area contributed by atoms with Crippen molar-refractivity contribution >= 4 is 23.3 Å². The van der Waals surface area contributed by atoms with Crippen molar-refractivity contribution in [3.05, 3.63) is 30.5 Å². The summed E-state index contributed by atoms with van der Waals surface area (Å²) in [5.41, 5.74) is 1.72. The van der Waals surface area contributed by atoms with E-state index in [4.69, 9.17) is 4.74 Å². The maximum atomic E-state index is 11.2. The van der Waals surface area contributed by atoms with Crippen molar-refractivity contribution < 1.29 is 9.53 Å². The summed E-state index contributed by atoms with van der Waals surface area (Å²) in [6.45, 7) is 2.12. The highest BCUT2D eigenvalue weighted by atomic mass is 32.1. The molecule has 0 aliphatic heterocycles. The van der Waals surface area contributed by atoms with E-state index in [0.29, 0.717) is 12.3 Å². The first kappa shape index (κ1) is 11.5. The SMILES string of the molecule is CCOC(=O)Nc1ccc(-c2cnns2)cc1. The Kier molecular flexibility index (Phi) is 3.66. The van der Waals surface area contributed by atoms with E-state index in [9.17, 15) is 4.79 Å². The molecule has 2 aromatic rings. The van der Waals surface area contributed by atoms with Gasteiger partial charge in [-0.2, -0.15) is 0 Å². The fraction of sp³-hybridized carbons (Fsp3) is 0.182. The van der Waals surface area contributed by atoms with Crippen LogP contribution in [0.25, 0.3) is 10.4 Å². The van der Waals surface area contributed by atoms with Gasteiger partial charge >= 0.3 is 6.09 Å². The average Bonchev–Trinajstić information content (AvgIpc) is 2.84. The van der Waals surface area contributed by atoms with Gasteiger partial charge < -0.3 is 4.74 Å². The lowest BCUT2D eigenvalue weighted by Crippen LogP contribution is -2.12. The van der Waals surface area contributed by atoms with E-state index in [1.54, 1.807) is 13.1 Å². The van der Waals surface area contributed by atoms with E-state index in [1.807, 2.05) is 24.3 Å². The molecule has 1 N–H and O–H groups in total. The Labute approximate surface area is 103 Å². The van der Waals surface area contributed by atoms with Gasteiger partial charge in [0.05, 0.1) is 17.7 Å². The molecule has 0 spiro atoms. The molecule has 1 amide bonds. The lowest BCUT2D eigenvalue weighted by molar-refractivity contribution is 0.168. The van der Waals surface area contributed by atoms with Gasteiger partial charge in [0.25, 0.3) is 0 Å². The average molecular weight is 249 g/mol. The Morgan fingerprint density at radius 3 is 2.76 bits per heavy atom. The largest absolute Gasteiger partial charge is 0.450 e. The second-order valence-corrected chi connectivity index (χ2v) is 3.99. The number of anilines is 1. The maximum absolute atomic E-state index is 11.2. The van der Waals surface area contributed by atoms with Crippen molar-refractivity contribution in [3.63, 3.8) is 0 Å². The Hall–Kier alpha value is -1.95. The molecule has 88 valence electrons. The predicted octanol–water partition coefficient (Wildman–Crippen LogP) is 2.77. The molecule has 0 bridgehead atoms. The van der Waals surface area contributed by atoms with Gasteiger partial charge in [-0.05, 0) is 36.2 Å². The van der Waals surface area contributed by atoms with Crippen molar-refractivity contribution in [1.29, 1.82) is 0 Å². The highest BCUT2D eigenvalue weighted by molar-refractivity contribution is 7.09. The topological polar surface area (TPSA) is 64.1 Å². The summed E-state index contributed by atoms with van der Waals surface area (Å²) < 4.78 is 8.58. The third-order valence-corrected chi connectivity index (χ3v) is 2.77. The number of nitrogens with zero attached hydrogens (tertiary/aromatic N) is 2. The van der Waals surface area contributed by atoms with Crippen molar-refractivity contribution in [2.45, 2.75) is 6.92 Å². The second-order valence-electron chi connectivity index (χ2n) is 3.20. The van der Waals surface area contributed by atoms with Crippen molar-refractivity contribution in [1.82, 2.24) is 9.59 Å². The lowest BCUT2D eigenvalue weighted by Gasteiger charge is -2.05. The van der Waals surface area contributed by atoms with Crippen LogP contribution in [-0.4, -0.2) is 22.3 Å². The monoisotopic (exact) mass is 249 g/mol. The van der Waals surface area contributed by atoms with E-state index in [0.717, 1.165) is 10.4 Å². The lowest BCUT2D eigenvalue weighted by atomic mass is 10.2. The van der Waals surface area contributed by atoms with Gasteiger partial charge in [0.15, 0.2) is 0 Å². The third-order valence-electron chi connectivity index (χ3n) is 2.05. The number of rotatable bonds is 3. The van der Waals surface area contributed by atoms with Crippen LogP contribution in [0.4, 0.5) is 10.5 Å². The van der Waals surface area contributed by atoms with E-state index in [-0.39, 0.29) is 0 Å². The summed E-state index contributed by atoms with van der Waals surface area (Å²) in [6, 6.07) is 7.42. The highest BCUT2D eigenvalue weighted by Crippen LogP contribution is 2.23. The molecule has 17 heavy (non-hydrogen) atoms. The molecule has 0 saturated carbocycles. The van der Waals surface area contributed by atoms with Crippen LogP contribution >= 0.6 is 11.5 Å². The number of carbonyl (C=O) groups is 1. The number of benzene rings is 1. The number of hydrogen-bond acceptors (Lipinski definition) is 5. The fourth-order valence-electron chi connectivity index (χ4n) is 1.30.